The van der Waals surface area contributed by atoms with Crippen molar-refractivity contribution in [3.63, 3.8) is 0 Å². The summed E-state index contributed by atoms with van der Waals surface area (Å²) in [6.07, 6.45) is 7.98. The molecule has 118 valence electrons. The Morgan fingerprint density at radius 2 is 2.13 bits per heavy atom. The molecule has 0 atom stereocenters. The van der Waals surface area contributed by atoms with E-state index >= 15 is 0 Å². The number of hydrogen-bond donors (Lipinski definition) is 1. The Morgan fingerprint density at radius 1 is 1.30 bits per heavy atom. The number of rotatable bonds is 6. The van der Waals surface area contributed by atoms with Gasteiger partial charge in [-0.2, -0.15) is 0 Å². The van der Waals surface area contributed by atoms with Gasteiger partial charge in [0.15, 0.2) is 5.13 Å². The number of amides is 1. The Kier molecular flexibility index (Phi) is 4.67. The van der Waals surface area contributed by atoms with Crippen LogP contribution in [0, 0.1) is 0 Å². The second-order valence-corrected chi connectivity index (χ2v) is 5.64. The first-order valence-corrected chi connectivity index (χ1v) is 8.03. The van der Waals surface area contributed by atoms with Gasteiger partial charge < -0.3 is 5.32 Å². The molecule has 3 rings (SSSR count). The minimum Gasteiger partial charge on any atom is -0.302 e. The predicted octanol–water partition coefficient (Wildman–Crippen LogP) is 1.78. The van der Waals surface area contributed by atoms with Crippen LogP contribution < -0.4 is 5.32 Å². The number of carbonyl (C=O) groups is 1. The standard InChI is InChI=1S/C14H15N7OS/c1-2-12-16-7-10(8-17-12)11-9-21(20-19-11)5-3-13(22)18-14-15-4-6-23-14/h4,6-9H,2-3,5H2,1H3,(H,15,18,22). The Morgan fingerprint density at radius 3 is 2.83 bits per heavy atom. The van der Waals surface area contributed by atoms with Crippen molar-refractivity contribution in [1.29, 1.82) is 0 Å². The zero-order valence-electron chi connectivity index (χ0n) is 12.5. The van der Waals surface area contributed by atoms with Gasteiger partial charge in [0, 0.05) is 42.4 Å². The summed E-state index contributed by atoms with van der Waals surface area (Å²) in [5.41, 5.74) is 1.49. The summed E-state index contributed by atoms with van der Waals surface area (Å²) >= 11 is 1.39. The van der Waals surface area contributed by atoms with Crippen molar-refractivity contribution in [3.05, 3.63) is 36.0 Å². The summed E-state index contributed by atoms with van der Waals surface area (Å²) in [7, 11) is 0. The molecule has 0 saturated carbocycles. The molecule has 0 aromatic carbocycles. The van der Waals surface area contributed by atoms with Gasteiger partial charge in [-0.3, -0.25) is 9.48 Å². The molecule has 3 heterocycles. The molecular weight excluding hydrogens is 314 g/mol. The number of aromatic nitrogens is 6. The van der Waals surface area contributed by atoms with E-state index < -0.39 is 0 Å². The monoisotopic (exact) mass is 329 g/mol. The third-order valence-corrected chi connectivity index (χ3v) is 3.79. The second kappa shape index (κ2) is 7.05. The number of carbonyl (C=O) groups excluding carboxylic acids is 1. The molecule has 23 heavy (non-hydrogen) atoms. The van der Waals surface area contributed by atoms with Gasteiger partial charge in [-0.25, -0.2) is 15.0 Å². The van der Waals surface area contributed by atoms with E-state index in [-0.39, 0.29) is 5.91 Å². The van der Waals surface area contributed by atoms with Crippen molar-refractivity contribution >= 4 is 22.4 Å². The number of nitrogens with one attached hydrogen (secondary N) is 1. The van der Waals surface area contributed by atoms with E-state index in [2.05, 4.69) is 30.6 Å². The maximum absolute atomic E-state index is 11.8. The van der Waals surface area contributed by atoms with E-state index in [0.29, 0.717) is 23.8 Å². The molecule has 0 radical (unpaired) electrons. The van der Waals surface area contributed by atoms with E-state index in [1.54, 1.807) is 29.5 Å². The van der Waals surface area contributed by atoms with Gasteiger partial charge >= 0.3 is 0 Å². The zero-order valence-corrected chi connectivity index (χ0v) is 13.3. The highest BCUT2D eigenvalue weighted by atomic mass is 32.1. The minimum atomic E-state index is -0.104. The maximum Gasteiger partial charge on any atom is 0.228 e. The fourth-order valence-electron chi connectivity index (χ4n) is 1.89. The summed E-state index contributed by atoms with van der Waals surface area (Å²) in [5.74, 6) is 0.688. The fourth-order valence-corrected chi connectivity index (χ4v) is 2.44. The zero-order chi connectivity index (χ0) is 16.1. The molecule has 0 fully saturated rings. The van der Waals surface area contributed by atoms with E-state index in [1.165, 1.54) is 11.3 Å². The third kappa shape index (κ3) is 3.95. The lowest BCUT2D eigenvalue weighted by Crippen LogP contribution is -2.14. The molecule has 0 saturated heterocycles. The number of nitrogens with zero attached hydrogens (tertiary/aromatic N) is 6. The molecule has 8 nitrogen and oxygen atoms in total. The Hall–Kier alpha value is -2.68. The third-order valence-electron chi connectivity index (χ3n) is 3.10. The lowest BCUT2D eigenvalue weighted by molar-refractivity contribution is -0.116. The van der Waals surface area contributed by atoms with Crippen molar-refractivity contribution in [2.45, 2.75) is 26.3 Å². The number of anilines is 1. The first-order chi connectivity index (χ1) is 11.2. The van der Waals surface area contributed by atoms with E-state index in [0.717, 1.165) is 17.8 Å². The molecule has 0 spiro atoms. The van der Waals surface area contributed by atoms with Crippen molar-refractivity contribution < 1.29 is 4.79 Å². The molecule has 9 heteroatoms. The lowest BCUT2D eigenvalue weighted by atomic mass is 10.2. The van der Waals surface area contributed by atoms with Gasteiger partial charge in [0.05, 0.1) is 12.7 Å². The molecule has 0 bridgehead atoms. The minimum absolute atomic E-state index is 0.104. The normalized spacial score (nSPS) is 10.7. The molecular formula is C14H15N7OS. The molecule has 0 aliphatic rings. The first kappa shape index (κ1) is 15.2. The van der Waals surface area contributed by atoms with Crippen LogP contribution in [0.3, 0.4) is 0 Å². The van der Waals surface area contributed by atoms with Gasteiger partial charge in [-0.15, -0.1) is 16.4 Å². The first-order valence-electron chi connectivity index (χ1n) is 7.15. The number of thiazole rings is 1. The van der Waals surface area contributed by atoms with Crippen molar-refractivity contribution in [2.24, 2.45) is 0 Å². The highest BCUT2D eigenvalue weighted by molar-refractivity contribution is 7.13. The van der Waals surface area contributed by atoms with Crippen LogP contribution in [-0.4, -0.2) is 35.9 Å². The summed E-state index contributed by atoms with van der Waals surface area (Å²) < 4.78 is 1.63. The van der Waals surface area contributed by atoms with Crippen molar-refractivity contribution in [2.75, 3.05) is 5.32 Å². The summed E-state index contributed by atoms with van der Waals surface area (Å²) in [4.78, 5) is 24.3. The van der Waals surface area contributed by atoms with Gasteiger partial charge in [-0.1, -0.05) is 12.1 Å². The number of aryl methyl sites for hydroxylation is 2. The molecule has 3 aromatic heterocycles. The Balaban J connectivity index is 1.57. The smallest absolute Gasteiger partial charge is 0.228 e. The predicted molar refractivity (Wildman–Crippen MR) is 85.8 cm³/mol. The van der Waals surface area contributed by atoms with Crippen LogP contribution in [0.4, 0.5) is 5.13 Å². The Labute approximate surface area is 136 Å². The molecule has 0 unspecified atom stereocenters. The van der Waals surface area contributed by atoms with E-state index in [9.17, 15) is 4.79 Å². The van der Waals surface area contributed by atoms with Crippen LogP contribution >= 0.6 is 11.3 Å². The molecule has 1 N–H and O–H groups in total. The summed E-state index contributed by atoms with van der Waals surface area (Å²) in [6.45, 7) is 2.44. The summed E-state index contributed by atoms with van der Waals surface area (Å²) in [6, 6.07) is 0. The highest BCUT2D eigenvalue weighted by Gasteiger charge is 2.08. The molecule has 3 aromatic rings. The summed E-state index contributed by atoms with van der Waals surface area (Å²) in [5, 5.41) is 13.2. The van der Waals surface area contributed by atoms with Gasteiger partial charge in [0.2, 0.25) is 5.91 Å². The van der Waals surface area contributed by atoms with Gasteiger partial charge in [-0.05, 0) is 0 Å². The van der Waals surface area contributed by atoms with Crippen molar-refractivity contribution in [1.82, 2.24) is 29.9 Å². The topological polar surface area (TPSA) is 98.5 Å². The number of hydrogen-bond acceptors (Lipinski definition) is 7. The SMILES string of the molecule is CCc1ncc(-c2cn(CCC(=O)Nc3nccs3)nn2)cn1. The highest BCUT2D eigenvalue weighted by Crippen LogP contribution is 2.14. The maximum atomic E-state index is 11.8. The van der Waals surface area contributed by atoms with Crippen LogP contribution in [0.25, 0.3) is 11.3 Å². The largest absolute Gasteiger partial charge is 0.302 e. The van der Waals surface area contributed by atoms with Crippen LogP contribution in [0.1, 0.15) is 19.2 Å². The van der Waals surface area contributed by atoms with Crippen LogP contribution in [0.2, 0.25) is 0 Å². The molecule has 1 amide bonds. The van der Waals surface area contributed by atoms with Crippen LogP contribution in [0.5, 0.6) is 0 Å². The van der Waals surface area contributed by atoms with Crippen molar-refractivity contribution in [3.8, 4) is 11.3 Å². The van der Waals surface area contributed by atoms with Crippen LogP contribution in [0.15, 0.2) is 30.2 Å². The molecule has 0 aliphatic carbocycles. The van der Waals surface area contributed by atoms with E-state index in [4.69, 9.17) is 0 Å². The van der Waals surface area contributed by atoms with Crippen LogP contribution in [-0.2, 0) is 17.8 Å². The van der Waals surface area contributed by atoms with Gasteiger partial charge in [0.1, 0.15) is 11.5 Å². The quantitative estimate of drug-likeness (QED) is 0.740. The Bertz CT molecular complexity index is 767. The van der Waals surface area contributed by atoms with Gasteiger partial charge in [0.25, 0.3) is 0 Å². The average Bonchev–Trinajstić information content (AvgIpc) is 3.25. The van der Waals surface area contributed by atoms with E-state index in [1.807, 2.05) is 12.3 Å². The lowest BCUT2D eigenvalue weighted by Gasteiger charge is -2.01. The second-order valence-electron chi connectivity index (χ2n) is 4.74. The average molecular weight is 329 g/mol. The fraction of sp³-hybridized carbons (Fsp3) is 0.286. The molecule has 0 aliphatic heterocycles.